The first kappa shape index (κ1) is 24.6. The van der Waals surface area contributed by atoms with Crippen LogP contribution in [0.5, 0.6) is 17.2 Å². The third-order valence-electron chi connectivity index (χ3n) is 5.19. The van der Waals surface area contributed by atoms with E-state index < -0.39 is 12.1 Å². The zero-order valence-electron chi connectivity index (χ0n) is 19.6. The van der Waals surface area contributed by atoms with E-state index >= 15 is 0 Å². The van der Waals surface area contributed by atoms with E-state index in [0.717, 1.165) is 5.56 Å². The molecule has 2 aromatic carbocycles. The number of aromatic nitrogens is 1. The molecule has 0 radical (unpaired) electrons. The molecular weight excluding hydrogens is 440 g/mol. The Kier molecular flexibility index (Phi) is 8.13. The van der Waals surface area contributed by atoms with Crippen molar-refractivity contribution in [3.05, 3.63) is 64.6 Å². The quantitative estimate of drug-likeness (QED) is 0.456. The van der Waals surface area contributed by atoms with Crippen molar-refractivity contribution in [2.45, 2.75) is 33.0 Å². The number of carbonyl (C=O) groups is 2. The number of rotatable bonds is 10. The Morgan fingerprint density at radius 1 is 1.03 bits per heavy atom. The zero-order chi connectivity index (χ0) is 24.7. The topological polar surface area (TPSA) is 105 Å². The summed E-state index contributed by atoms with van der Waals surface area (Å²) in [5.74, 6) is 0.806. The van der Waals surface area contributed by atoms with Crippen molar-refractivity contribution in [2.75, 3.05) is 20.8 Å². The molecule has 34 heavy (non-hydrogen) atoms. The van der Waals surface area contributed by atoms with Crippen LogP contribution in [-0.4, -0.2) is 43.4 Å². The van der Waals surface area contributed by atoms with E-state index in [1.54, 1.807) is 70.5 Å². The SMILES string of the molecule is CCOC(=O)C(C)Oc1cccc2c(=O)n(CC(=O)NCc3ccc(OC)cc3OC)ccc12. The molecule has 0 aliphatic rings. The summed E-state index contributed by atoms with van der Waals surface area (Å²) in [5, 5.41) is 3.72. The number of esters is 1. The summed E-state index contributed by atoms with van der Waals surface area (Å²) in [4.78, 5) is 37.4. The summed E-state index contributed by atoms with van der Waals surface area (Å²) in [5.41, 5.74) is 0.434. The van der Waals surface area contributed by atoms with Gasteiger partial charge < -0.3 is 28.8 Å². The number of hydrogen-bond donors (Lipinski definition) is 1. The predicted molar refractivity (Wildman–Crippen MR) is 126 cm³/mol. The fraction of sp³-hybridized carbons (Fsp3) is 0.320. The molecule has 9 nitrogen and oxygen atoms in total. The summed E-state index contributed by atoms with van der Waals surface area (Å²) in [7, 11) is 3.10. The lowest BCUT2D eigenvalue weighted by atomic mass is 10.1. The predicted octanol–water partition coefficient (Wildman–Crippen LogP) is 2.67. The van der Waals surface area contributed by atoms with E-state index in [1.165, 1.54) is 10.8 Å². The van der Waals surface area contributed by atoms with E-state index in [9.17, 15) is 14.4 Å². The Labute approximate surface area is 197 Å². The monoisotopic (exact) mass is 468 g/mol. The number of hydrogen-bond acceptors (Lipinski definition) is 7. The molecule has 0 bridgehead atoms. The van der Waals surface area contributed by atoms with Crippen LogP contribution in [-0.2, 0) is 27.4 Å². The van der Waals surface area contributed by atoms with Crippen LogP contribution < -0.4 is 25.1 Å². The third-order valence-corrected chi connectivity index (χ3v) is 5.19. The molecule has 9 heteroatoms. The number of nitrogens with one attached hydrogen (secondary N) is 1. The standard InChI is InChI=1S/C25H28N2O7/c1-5-33-25(30)16(2)34-21-8-6-7-20-19(21)11-12-27(24(20)29)15-23(28)26-14-17-9-10-18(31-3)13-22(17)32-4/h6-13,16H,5,14-15H2,1-4H3,(H,26,28). The van der Waals surface area contributed by atoms with Gasteiger partial charge in [-0.2, -0.15) is 0 Å². The summed E-state index contributed by atoms with van der Waals surface area (Å²) in [6.07, 6.45) is 0.703. The Morgan fingerprint density at radius 3 is 2.53 bits per heavy atom. The Morgan fingerprint density at radius 2 is 1.82 bits per heavy atom. The van der Waals surface area contributed by atoms with Crippen LogP contribution in [0.25, 0.3) is 10.8 Å². The second-order valence-electron chi connectivity index (χ2n) is 7.43. The molecule has 1 atom stereocenters. The van der Waals surface area contributed by atoms with Gasteiger partial charge in [-0.1, -0.05) is 6.07 Å². The summed E-state index contributed by atoms with van der Waals surface area (Å²) in [6.45, 7) is 3.63. The summed E-state index contributed by atoms with van der Waals surface area (Å²) < 4.78 is 22.5. The molecule has 0 saturated heterocycles. The van der Waals surface area contributed by atoms with Crippen molar-refractivity contribution in [1.82, 2.24) is 9.88 Å². The summed E-state index contributed by atoms with van der Waals surface area (Å²) in [6, 6.07) is 12.0. The van der Waals surface area contributed by atoms with E-state index in [2.05, 4.69) is 5.32 Å². The molecule has 1 aromatic heterocycles. The molecule has 0 spiro atoms. The van der Waals surface area contributed by atoms with Crippen molar-refractivity contribution in [3.63, 3.8) is 0 Å². The van der Waals surface area contributed by atoms with Crippen molar-refractivity contribution in [2.24, 2.45) is 0 Å². The highest BCUT2D eigenvalue weighted by Gasteiger charge is 2.18. The number of benzene rings is 2. The fourth-order valence-electron chi connectivity index (χ4n) is 3.42. The Hall–Kier alpha value is -4.01. The molecule has 3 rings (SSSR count). The molecule has 0 saturated carbocycles. The highest BCUT2D eigenvalue weighted by molar-refractivity contribution is 5.88. The zero-order valence-corrected chi connectivity index (χ0v) is 19.6. The van der Waals surface area contributed by atoms with Crippen LogP contribution in [0.15, 0.2) is 53.5 Å². The molecule has 0 aliphatic heterocycles. The van der Waals surface area contributed by atoms with Gasteiger partial charge in [0.05, 0.1) is 26.2 Å². The average molecular weight is 469 g/mol. The van der Waals surface area contributed by atoms with Gasteiger partial charge in [-0.05, 0) is 44.2 Å². The van der Waals surface area contributed by atoms with Gasteiger partial charge in [0.15, 0.2) is 6.10 Å². The minimum Gasteiger partial charge on any atom is -0.497 e. The Bertz CT molecular complexity index is 1240. The molecule has 1 amide bonds. The van der Waals surface area contributed by atoms with E-state index in [4.69, 9.17) is 18.9 Å². The largest absolute Gasteiger partial charge is 0.497 e. The first-order chi connectivity index (χ1) is 16.4. The van der Waals surface area contributed by atoms with Crippen molar-refractivity contribution in [1.29, 1.82) is 0 Å². The highest BCUT2D eigenvalue weighted by atomic mass is 16.6. The fourth-order valence-corrected chi connectivity index (χ4v) is 3.42. The van der Waals surface area contributed by atoms with Crippen LogP contribution in [0, 0.1) is 0 Å². The van der Waals surface area contributed by atoms with E-state index in [1.807, 2.05) is 0 Å². The van der Waals surface area contributed by atoms with E-state index in [0.29, 0.717) is 28.0 Å². The lowest BCUT2D eigenvalue weighted by molar-refractivity contribution is -0.150. The van der Waals surface area contributed by atoms with Gasteiger partial charge in [0.2, 0.25) is 5.91 Å². The number of methoxy groups -OCH3 is 2. The van der Waals surface area contributed by atoms with Gasteiger partial charge >= 0.3 is 5.97 Å². The highest BCUT2D eigenvalue weighted by Crippen LogP contribution is 2.25. The number of amides is 1. The molecule has 0 fully saturated rings. The van der Waals surface area contributed by atoms with Gasteiger partial charge in [0, 0.05) is 29.8 Å². The second kappa shape index (κ2) is 11.2. The maximum Gasteiger partial charge on any atom is 0.347 e. The number of carbonyl (C=O) groups excluding carboxylic acids is 2. The number of ether oxygens (including phenoxy) is 4. The Balaban J connectivity index is 1.73. The summed E-state index contributed by atoms with van der Waals surface area (Å²) >= 11 is 0. The average Bonchev–Trinajstić information content (AvgIpc) is 2.84. The van der Waals surface area contributed by atoms with Gasteiger partial charge in [0.1, 0.15) is 23.8 Å². The van der Waals surface area contributed by atoms with Gasteiger partial charge in [-0.15, -0.1) is 0 Å². The first-order valence-corrected chi connectivity index (χ1v) is 10.8. The minimum absolute atomic E-state index is 0.155. The van der Waals surface area contributed by atoms with E-state index in [-0.39, 0.29) is 31.2 Å². The molecule has 1 N–H and O–H groups in total. The lowest BCUT2D eigenvalue weighted by Gasteiger charge is -2.15. The van der Waals surface area contributed by atoms with Crippen LogP contribution in [0.4, 0.5) is 0 Å². The minimum atomic E-state index is -0.825. The lowest BCUT2D eigenvalue weighted by Crippen LogP contribution is -2.32. The number of fused-ring (bicyclic) bond motifs is 1. The molecule has 0 aliphatic carbocycles. The van der Waals surface area contributed by atoms with Crippen LogP contribution in [0.3, 0.4) is 0 Å². The molecule has 180 valence electrons. The van der Waals surface area contributed by atoms with Crippen LogP contribution in [0.1, 0.15) is 19.4 Å². The van der Waals surface area contributed by atoms with Gasteiger partial charge in [-0.25, -0.2) is 4.79 Å². The van der Waals surface area contributed by atoms with Gasteiger partial charge in [0.25, 0.3) is 5.56 Å². The number of pyridine rings is 1. The third kappa shape index (κ3) is 5.67. The number of nitrogens with zero attached hydrogens (tertiary/aromatic N) is 1. The molecule has 3 aromatic rings. The first-order valence-electron chi connectivity index (χ1n) is 10.8. The second-order valence-corrected chi connectivity index (χ2v) is 7.43. The van der Waals surface area contributed by atoms with Crippen molar-refractivity contribution >= 4 is 22.6 Å². The molecule has 1 unspecified atom stereocenters. The molecule has 1 heterocycles. The van der Waals surface area contributed by atoms with Crippen molar-refractivity contribution < 1.29 is 28.5 Å². The van der Waals surface area contributed by atoms with Crippen molar-refractivity contribution in [3.8, 4) is 17.2 Å². The van der Waals surface area contributed by atoms with Crippen LogP contribution >= 0.6 is 0 Å². The van der Waals surface area contributed by atoms with Gasteiger partial charge in [-0.3, -0.25) is 9.59 Å². The normalized spacial score (nSPS) is 11.5. The maximum absolute atomic E-state index is 13.0. The van der Waals surface area contributed by atoms with Crippen LogP contribution in [0.2, 0.25) is 0 Å². The smallest absolute Gasteiger partial charge is 0.347 e. The maximum atomic E-state index is 13.0. The molecular formula is C25H28N2O7.